The number of nitrogens with one attached hydrogen (secondary N) is 2. The lowest BCUT2D eigenvalue weighted by Crippen LogP contribution is -2.36. The van der Waals surface area contributed by atoms with E-state index in [1.165, 1.54) is 0 Å². The van der Waals surface area contributed by atoms with E-state index in [0.717, 1.165) is 27.9 Å². The van der Waals surface area contributed by atoms with Crippen LogP contribution in [0.25, 0.3) is 6.08 Å². The highest BCUT2D eigenvalue weighted by atomic mass is 79.9. The minimum absolute atomic E-state index is 0.166. The molecule has 0 bridgehead atoms. The van der Waals surface area contributed by atoms with Gasteiger partial charge in [0.1, 0.15) is 12.3 Å². The Kier molecular flexibility index (Phi) is 8.88. The summed E-state index contributed by atoms with van der Waals surface area (Å²) >= 11 is 10.1. The fourth-order valence-corrected chi connectivity index (χ4v) is 4.68. The molecule has 1 heterocycles. The maximum atomic E-state index is 12.8. The van der Waals surface area contributed by atoms with Crippen LogP contribution in [0.3, 0.4) is 0 Å². The molecule has 0 aliphatic carbocycles. The van der Waals surface area contributed by atoms with Gasteiger partial charge in [0.25, 0.3) is 17.1 Å². The molecule has 8 nitrogen and oxygen atoms in total. The van der Waals surface area contributed by atoms with Crippen molar-refractivity contribution >= 4 is 79.7 Å². The van der Waals surface area contributed by atoms with Gasteiger partial charge < -0.3 is 15.4 Å². The number of ether oxygens (including phenoxy) is 1. The molecule has 11 heteroatoms. The minimum Gasteiger partial charge on any atom is -0.484 e. The van der Waals surface area contributed by atoms with E-state index in [1.54, 1.807) is 48.5 Å². The van der Waals surface area contributed by atoms with Crippen molar-refractivity contribution in [3.63, 3.8) is 0 Å². The smallest absolute Gasteiger partial charge is 0.294 e. The van der Waals surface area contributed by atoms with Crippen molar-refractivity contribution in [2.75, 3.05) is 23.8 Å². The van der Waals surface area contributed by atoms with Gasteiger partial charge >= 0.3 is 0 Å². The molecular weight excluding hydrogens is 594 g/mol. The Bertz CT molecular complexity index is 1440. The van der Waals surface area contributed by atoms with Crippen LogP contribution in [0.2, 0.25) is 5.02 Å². The highest BCUT2D eigenvalue weighted by molar-refractivity contribution is 9.10. The number of amides is 4. The molecule has 194 valence electrons. The number of aryl methyl sites for hydroxylation is 1. The lowest BCUT2D eigenvalue weighted by molar-refractivity contribution is -0.127. The topological polar surface area (TPSA) is 105 Å². The van der Waals surface area contributed by atoms with Crippen molar-refractivity contribution in [2.45, 2.75) is 6.92 Å². The Labute approximate surface area is 236 Å². The second kappa shape index (κ2) is 12.3. The molecule has 1 fully saturated rings. The number of hydrogen-bond acceptors (Lipinski definition) is 6. The van der Waals surface area contributed by atoms with Crippen molar-refractivity contribution in [3.8, 4) is 5.75 Å². The number of carbonyl (C=O) groups is 4. The zero-order chi connectivity index (χ0) is 27.2. The Morgan fingerprint density at radius 1 is 1.03 bits per heavy atom. The first-order valence-corrected chi connectivity index (χ1v) is 13.3. The highest BCUT2D eigenvalue weighted by Crippen LogP contribution is 2.32. The van der Waals surface area contributed by atoms with Crippen molar-refractivity contribution in [1.29, 1.82) is 0 Å². The molecule has 2 N–H and O–H groups in total. The van der Waals surface area contributed by atoms with E-state index < -0.39 is 23.6 Å². The Morgan fingerprint density at radius 3 is 2.47 bits per heavy atom. The van der Waals surface area contributed by atoms with Crippen LogP contribution in [0.1, 0.15) is 11.1 Å². The third kappa shape index (κ3) is 7.03. The van der Waals surface area contributed by atoms with E-state index in [4.69, 9.17) is 16.3 Å². The van der Waals surface area contributed by atoms with Crippen LogP contribution in [0.4, 0.5) is 16.2 Å². The molecule has 1 saturated heterocycles. The van der Waals surface area contributed by atoms with Crippen molar-refractivity contribution in [3.05, 3.63) is 92.3 Å². The molecule has 0 spiro atoms. The summed E-state index contributed by atoms with van der Waals surface area (Å²) in [6, 6.07) is 19.0. The fourth-order valence-electron chi connectivity index (χ4n) is 3.41. The second-order valence-corrected chi connectivity index (χ2v) is 10.4. The Hall–Kier alpha value is -3.60. The van der Waals surface area contributed by atoms with Crippen molar-refractivity contribution in [1.82, 2.24) is 4.90 Å². The van der Waals surface area contributed by atoms with Gasteiger partial charge in [-0.25, -0.2) is 0 Å². The zero-order valence-electron chi connectivity index (χ0n) is 20.0. The summed E-state index contributed by atoms with van der Waals surface area (Å²) in [7, 11) is 0. The molecule has 0 radical (unpaired) electrons. The average Bonchev–Trinajstić information content (AvgIpc) is 3.14. The Morgan fingerprint density at radius 2 is 1.76 bits per heavy atom. The van der Waals surface area contributed by atoms with E-state index in [9.17, 15) is 19.2 Å². The maximum Gasteiger partial charge on any atom is 0.294 e. The van der Waals surface area contributed by atoms with Gasteiger partial charge in [0, 0.05) is 15.8 Å². The normalized spacial score (nSPS) is 14.1. The maximum absolute atomic E-state index is 12.8. The SMILES string of the molecule is Cc1ccccc1NC(=O)COc1ccc(/C=C2\SC(=O)N(CC(=O)Nc3ccc(Br)c(Cl)c3)C2=O)cc1. The quantitative estimate of drug-likeness (QED) is 0.297. The standard InChI is InChI=1S/C27H21BrClN3O5S/c1-16-4-2-3-5-22(16)31-25(34)15-37-19-9-6-17(7-10-19)12-23-26(35)32(27(36)38-23)14-24(33)30-18-8-11-20(28)21(29)13-18/h2-13H,14-15H2,1H3,(H,30,33)(H,31,34)/b23-12-. The molecule has 4 rings (SSSR count). The van der Waals surface area contributed by atoms with Crippen LogP contribution in [0.15, 0.2) is 76.1 Å². The number of benzene rings is 3. The number of anilines is 2. The molecule has 3 aromatic carbocycles. The molecule has 1 aliphatic rings. The monoisotopic (exact) mass is 613 g/mol. The first-order chi connectivity index (χ1) is 18.2. The summed E-state index contributed by atoms with van der Waals surface area (Å²) in [5.74, 6) is -0.902. The first kappa shape index (κ1) is 27.4. The minimum atomic E-state index is -0.558. The summed E-state index contributed by atoms with van der Waals surface area (Å²) in [6.45, 7) is 1.31. The zero-order valence-corrected chi connectivity index (χ0v) is 23.2. The molecule has 1 aliphatic heterocycles. The van der Waals surface area contributed by atoms with Gasteiger partial charge in [0.2, 0.25) is 5.91 Å². The lowest BCUT2D eigenvalue weighted by Gasteiger charge is -2.12. The predicted molar refractivity (Wildman–Crippen MR) is 152 cm³/mol. The van der Waals surface area contributed by atoms with Gasteiger partial charge in [0.05, 0.1) is 9.93 Å². The van der Waals surface area contributed by atoms with Gasteiger partial charge in [-0.3, -0.25) is 24.1 Å². The van der Waals surface area contributed by atoms with E-state index in [0.29, 0.717) is 26.5 Å². The molecule has 0 atom stereocenters. The summed E-state index contributed by atoms with van der Waals surface area (Å²) in [6.07, 6.45) is 1.56. The van der Waals surface area contributed by atoms with E-state index >= 15 is 0 Å². The first-order valence-electron chi connectivity index (χ1n) is 11.3. The van der Waals surface area contributed by atoms with Gasteiger partial charge in [-0.05, 0) is 88.2 Å². The number of rotatable bonds is 8. The van der Waals surface area contributed by atoms with Gasteiger partial charge in [-0.15, -0.1) is 0 Å². The molecule has 0 aromatic heterocycles. The summed E-state index contributed by atoms with van der Waals surface area (Å²) < 4.78 is 6.22. The Balaban J connectivity index is 1.31. The summed E-state index contributed by atoms with van der Waals surface area (Å²) in [5, 5.41) is 5.30. The number of carbonyl (C=O) groups excluding carboxylic acids is 4. The van der Waals surface area contributed by atoms with Crippen molar-refractivity contribution < 1.29 is 23.9 Å². The van der Waals surface area contributed by atoms with Crippen LogP contribution < -0.4 is 15.4 Å². The van der Waals surface area contributed by atoms with Gasteiger partial charge in [-0.1, -0.05) is 41.9 Å². The van der Waals surface area contributed by atoms with Gasteiger partial charge in [-0.2, -0.15) is 0 Å². The van der Waals surface area contributed by atoms with Crippen molar-refractivity contribution in [2.24, 2.45) is 0 Å². The highest BCUT2D eigenvalue weighted by Gasteiger charge is 2.36. The van der Waals surface area contributed by atoms with Crippen LogP contribution in [-0.2, 0) is 14.4 Å². The second-order valence-electron chi connectivity index (χ2n) is 8.17. The van der Waals surface area contributed by atoms with Gasteiger partial charge in [0.15, 0.2) is 6.61 Å². The predicted octanol–water partition coefficient (Wildman–Crippen LogP) is 6.10. The number of halogens is 2. The van der Waals surface area contributed by atoms with Crippen LogP contribution in [0.5, 0.6) is 5.75 Å². The number of imide groups is 1. The van der Waals surface area contributed by atoms with Crippen LogP contribution in [-0.4, -0.2) is 41.0 Å². The van der Waals surface area contributed by atoms with E-state index in [2.05, 4.69) is 26.6 Å². The molecule has 4 amide bonds. The number of nitrogens with zero attached hydrogens (tertiary/aromatic N) is 1. The molecular formula is C27H21BrClN3O5S. The number of para-hydroxylation sites is 1. The summed E-state index contributed by atoms with van der Waals surface area (Å²) in [5.41, 5.74) is 2.77. The largest absolute Gasteiger partial charge is 0.484 e. The third-order valence-corrected chi connectivity index (χ3v) is 7.49. The molecule has 3 aromatic rings. The van der Waals surface area contributed by atoms with E-state index in [-0.39, 0.29) is 17.4 Å². The number of hydrogen-bond donors (Lipinski definition) is 2. The fraction of sp³-hybridized carbons (Fsp3) is 0.111. The number of thioether (sulfide) groups is 1. The molecule has 0 unspecified atom stereocenters. The average molecular weight is 615 g/mol. The van der Waals surface area contributed by atoms with E-state index in [1.807, 2.05) is 31.2 Å². The summed E-state index contributed by atoms with van der Waals surface area (Å²) in [4.78, 5) is 50.8. The third-order valence-electron chi connectivity index (χ3n) is 5.35. The molecule has 38 heavy (non-hydrogen) atoms. The lowest BCUT2D eigenvalue weighted by atomic mass is 10.2. The van der Waals surface area contributed by atoms with Crippen LogP contribution in [0, 0.1) is 6.92 Å². The molecule has 0 saturated carbocycles. The van der Waals surface area contributed by atoms with Crippen LogP contribution >= 0.6 is 39.3 Å².